The third kappa shape index (κ3) is 5.42. The summed E-state index contributed by atoms with van der Waals surface area (Å²) < 4.78 is 27.0. The zero-order chi connectivity index (χ0) is 18.6. The number of halogens is 1. The summed E-state index contributed by atoms with van der Waals surface area (Å²) in [5.41, 5.74) is 0.417. The minimum absolute atomic E-state index is 0. The first-order chi connectivity index (χ1) is 12.5. The van der Waals surface area contributed by atoms with Gasteiger partial charge in [-0.1, -0.05) is 12.8 Å². The lowest BCUT2D eigenvalue weighted by molar-refractivity contribution is 0.0927. The van der Waals surface area contributed by atoms with Crippen molar-refractivity contribution in [1.82, 2.24) is 14.9 Å². The summed E-state index contributed by atoms with van der Waals surface area (Å²) in [6.45, 7) is 2.73. The largest absolute Gasteiger partial charge is 0.391 e. The van der Waals surface area contributed by atoms with E-state index in [0.717, 1.165) is 25.7 Å². The fraction of sp³-hybridized carbons (Fsp3) is 0.611. The molecule has 0 aliphatic carbocycles. The van der Waals surface area contributed by atoms with Crippen molar-refractivity contribution in [1.29, 1.82) is 0 Å². The molecule has 3 N–H and O–H groups in total. The highest BCUT2D eigenvalue weighted by Crippen LogP contribution is 2.20. The average molecular weight is 418 g/mol. The van der Waals surface area contributed by atoms with Crippen LogP contribution in [0.1, 0.15) is 36.0 Å². The number of hydrogen-bond donors (Lipinski definition) is 3. The second-order valence-electron chi connectivity index (χ2n) is 7.04. The van der Waals surface area contributed by atoms with Gasteiger partial charge < -0.3 is 15.7 Å². The molecule has 7 nitrogen and oxygen atoms in total. The maximum absolute atomic E-state index is 12.7. The summed E-state index contributed by atoms with van der Waals surface area (Å²) in [4.78, 5) is 12.5. The van der Waals surface area contributed by atoms with Crippen molar-refractivity contribution in [3.05, 3.63) is 29.8 Å². The Morgan fingerprint density at radius 2 is 1.74 bits per heavy atom. The van der Waals surface area contributed by atoms with Crippen molar-refractivity contribution in [2.24, 2.45) is 5.92 Å². The summed E-state index contributed by atoms with van der Waals surface area (Å²) in [6.07, 6.45) is 3.46. The number of nitrogens with one attached hydrogen (secondary N) is 2. The van der Waals surface area contributed by atoms with Crippen LogP contribution in [0.25, 0.3) is 0 Å². The van der Waals surface area contributed by atoms with Crippen molar-refractivity contribution in [2.45, 2.75) is 36.7 Å². The van der Waals surface area contributed by atoms with Gasteiger partial charge in [0, 0.05) is 44.2 Å². The first-order valence-electron chi connectivity index (χ1n) is 9.25. The lowest BCUT2D eigenvalue weighted by atomic mass is 10.1. The number of benzene rings is 1. The second-order valence-corrected chi connectivity index (χ2v) is 8.98. The van der Waals surface area contributed by atoms with Gasteiger partial charge in [0.25, 0.3) is 5.91 Å². The molecule has 1 aromatic rings. The summed E-state index contributed by atoms with van der Waals surface area (Å²) in [5.74, 6) is -0.260. The molecule has 2 fully saturated rings. The molecule has 1 amide bonds. The molecule has 0 aromatic heterocycles. The fourth-order valence-electron chi connectivity index (χ4n) is 3.46. The lowest BCUT2D eigenvalue weighted by Crippen LogP contribution is -2.34. The van der Waals surface area contributed by atoms with E-state index in [2.05, 4.69) is 10.6 Å². The number of amides is 1. The molecular formula is C18H28ClN3O4S. The maximum atomic E-state index is 12.7. The molecule has 2 saturated heterocycles. The quantitative estimate of drug-likeness (QED) is 0.663. The van der Waals surface area contributed by atoms with Crippen LogP contribution in [-0.4, -0.2) is 62.6 Å². The zero-order valence-corrected chi connectivity index (χ0v) is 16.9. The van der Waals surface area contributed by atoms with E-state index in [1.54, 1.807) is 16.4 Å². The molecule has 27 heavy (non-hydrogen) atoms. The van der Waals surface area contributed by atoms with Gasteiger partial charge >= 0.3 is 0 Å². The van der Waals surface area contributed by atoms with Gasteiger partial charge in [-0.3, -0.25) is 4.79 Å². The Labute approximate surface area is 167 Å². The minimum Gasteiger partial charge on any atom is -0.391 e. The highest BCUT2D eigenvalue weighted by molar-refractivity contribution is 7.89. The van der Waals surface area contributed by atoms with Gasteiger partial charge in [-0.2, -0.15) is 4.31 Å². The maximum Gasteiger partial charge on any atom is 0.251 e. The number of rotatable bonds is 5. The summed E-state index contributed by atoms with van der Waals surface area (Å²) in [6, 6.07) is 6.09. The van der Waals surface area contributed by atoms with Crippen LogP contribution in [0, 0.1) is 5.92 Å². The van der Waals surface area contributed by atoms with Crippen molar-refractivity contribution in [2.75, 3.05) is 32.7 Å². The van der Waals surface area contributed by atoms with Crippen LogP contribution in [-0.2, 0) is 10.0 Å². The van der Waals surface area contributed by atoms with E-state index in [4.69, 9.17) is 0 Å². The van der Waals surface area contributed by atoms with Crippen LogP contribution in [0.15, 0.2) is 29.2 Å². The van der Waals surface area contributed by atoms with Gasteiger partial charge in [0.05, 0.1) is 11.0 Å². The van der Waals surface area contributed by atoms with Crippen LogP contribution in [0.2, 0.25) is 0 Å². The number of sulfonamides is 1. The normalized spacial score (nSPS) is 24.0. The Morgan fingerprint density at radius 3 is 2.30 bits per heavy atom. The van der Waals surface area contributed by atoms with E-state index in [9.17, 15) is 18.3 Å². The predicted molar refractivity (Wildman–Crippen MR) is 106 cm³/mol. The van der Waals surface area contributed by atoms with Crippen LogP contribution >= 0.6 is 12.4 Å². The molecule has 3 rings (SSSR count). The standard InChI is InChI=1S/C18H27N3O4S.ClH/c22-17-13-19-11-15(17)12-20-18(23)14-5-7-16(8-6-14)26(24,25)21-9-3-1-2-4-10-21;/h5-8,15,17,19,22H,1-4,9-13H2,(H,20,23);1H. The predicted octanol–water partition coefficient (Wildman–Crippen LogP) is 0.983. The first-order valence-corrected chi connectivity index (χ1v) is 10.7. The molecule has 2 heterocycles. The van der Waals surface area contributed by atoms with Crippen LogP contribution < -0.4 is 10.6 Å². The van der Waals surface area contributed by atoms with Crippen molar-refractivity contribution in [3.8, 4) is 0 Å². The van der Waals surface area contributed by atoms with Crippen molar-refractivity contribution < 1.29 is 18.3 Å². The third-order valence-electron chi connectivity index (χ3n) is 5.15. The smallest absolute Gasteiger partial charge is 0.251 e. The summed E-state index contributed by atoms with van der Waals surface area (Å²) in [5, 5.41) is 15.6. The number of carbonyl (C=O) groups excluding carboxylic acids is 1. The monoisotopic (exact) mass is 417 g/mol. The third-order valence-corrected chi connectivity index (χ3v) is 7.06. The number of hydrogen-bond acceptors (Lipinski definition) is 5. The van der Waals surface area contributed by atoms with Crippen molar-refractivity contribution in [3.63, 3.8) is 0 Å². The van der Waals surface area contributed by atoms with E-state index in [1.807, 2.05) is 0 Å². The second kappa shape index (κ2) is 9.84. The highest BCUT2D eigenvalue weighted by atomic mass is 35.5. The van der Waals surface area contributed by atoms with Gasteiger partial charge in [0.2, 0.25) is 10.0 Å². The molecule has 0 saturated carbocycles. The van der Waals surface area contributed by atoms with Gasteiger partial charge in [-0.25, -0.2) is 8.42 Å². The average Bonchev–Trinajstić information content (AvgIpc) is 2.88. The van der Waals surface area contributed by atoms with Crippen LogP contribution in [0.3, 0.4) is 0 Å². The van der Waals surface area contributed by atoms with Crippen LogP contribution in [0.5, 0.6) is 0 Å². The van der Waals surface area contributed by atoms with E-state index in [0.29, 0.717) is 38.3 Å². The Balaban J connectivity index is 0.00000261. The molecule has 2 atom stereocenters. The Morgan fingerprint density at radius 1 is 1.11 bits per heavy atom. The van der Waals surface area contributed by atoms with Gasteiger partial charge in [0.1, 0.15) is 0 Å². The molecule has 9 heteroatoms. The Bertz CT molecular complexity index is 719. The molecule has 2 aliphatic rings. The van der Waals surface area contributed by atoms with Gasteiger partial charge in [0.15, 0.2) is 0 Å². The first kappa shape index (κ1) is 22.1. The summed E-state index contributed by atoms with van der Waals surface area (Å²) in [7, 11) is -3.50. The highest BCUT2D eigenvalue weighted by Gasteiger charge is 2.26. The number of carbonyl (C=O) groups is 1. The van der Waals surface area contributed by atoms with E-state index in [1.165, 1.54) is 12.1 Å². The minimum atomic E-state index is -3.50. The molecular weight excluding hydrogens is 390 g/mol. The molecule has 2 aliphatic heterocycles. The van der Waals surface area contributed by atoms with E-state index in [-0.39, 0.29) is 29.1 Å². The molecule has 0 spiro atoms. The van der Waals surface area contributed by atoms with Gasteiger partial charge in [-0.05, 0) is 37.1 Å². The number of β-amino-alcohol motifs (C(OH)–C–C–N with tert-alkyl or cyclic N) is 1. The van der Waals surface area contributed by atoms with E-state index < -0.39 is 16.1 Å². The fourth-order valence-corrected chi connectivity index (χ4v) is 4.98. The molecule has 1 aromatic carbocycles. The zero-order valence-electron chi connectivity index (χ0n) is 15.3. The molecule has 152 valence electrons. The van der Waals surface area contributed by atoms with Crippen molar-refractivity contribution >= 4 is 28.3 Å². The molecule has 0 bridgehead atoms. The number of aliphatic hydroxyl groups is 1. The molecule has 2 unspecified atom stereocenters. The lowest BCUT2D eigenvalue weighted by Gasteiger charge is -2.20. The topological polar surface area (TPSA) is 98.7 Å². The van der Waals surface area contributed by atoms with E-state index >= 15 is 0 Å². The van der Waals surface area contributed by atoms with Gasteiger partial charge in [-0.15, -0.1) is 12.4 Å². The summed E-state index contributed by atoms with van der Waals surface area (Å²) >= 11 is 0. The van der Waals surface area contributed by atoms with Crippen LogP contribution in [0.4, 0.5) is 0 Å². The Kier molecular flexibility index (Phi) is 8.05. The SMILES string of the molecule is Cl.O=C(NCC1CNCC1O)c1ccc(S(=O)(=O)N2CCCCCC2)cc1. The number of aliphatic hydroxyl groups excluding tert-OH is 1. The molecule has 0 radical (unpaired) electrons. The Hall–Kier alpha value is -1.19. The number of nitrogens with zero attached hydrogens (tertiary/aromatic N) is 1.